The zero-order valence-electron chi connectivity index (χ0n) is 13.5. The molecule has 1 fully saturated rings. The number of rotatable bonds is 4. The van der Waals surface area contributed by atoms with Gasteiger partial charge in [0.2, 0.25) is 5.91 Å². The van der Waals surface area contributed by atoms with Crippen molar-refractivity contribution in [1.29, 1.82) is 0 Å². The maximum atomic E-state index is 12.1. The Hall–Kier alpha value is -1.34. The van der Waals surface area contributed by atoms with Crippen molar-refractivity contribution in [1.82, 2.24) is 9.80 Å². The number of piperazine rings is 1. The molecular weight excluding hydrogens is 272 g/mol. The molecule has 1 aliphatic rings. The lowest BCUT2D eigenvalue weighted by Crippen LogP contribution is -2.62. The molecule has 0 aromatic heterocycles. The predicted molar refractivity (Wildman–Crippen MR) is 80.6 cm³/mol. The molecule has 0 aliphatic carbocycles. The van der Waals surface area contributed by atoms with Gasteiger partial charge in [-0.3, -0.25) is 9.69 Å². The smallest absolute Gasteiger partial charge is 0.410 e. The van der Waals surface area contributed by atoms with E-state index in [0.717, 1.165) is 0 Å². The summed E-state index contributed by atoms with van der Waals surface area (Å²) in [6.45, 7) is 9.32. The van der Waals surface area contributed by atoms with Crippen LogP contribution in [0.1, 0.15) is 34.1 Å². The number of hydrogen-bond acceptors (Lipinski definition) is 5. The molecule has 0 aromatic rings. The van der Waals surface area contributed by atoms with E-state index in [9.17, 15) is 9.59 Å². The molecule has 2 atom stereocenters. The molecule has 2 amide bonds. The fraction of sp³-hybridized carbons (Fsp3) is 0.857. The summed E-state index contributed by atoms with van der Waals surface area (Å²) in [7, 11) is 0. The fourth-order valence-electron chi connectivity index (χ4n) is 2.58. The highest BCUT2D eigenvalue weighted by Crippen LogP contribution is 2.17. The van der Waals surface area contributed by atoms with Crippen molar-refractivity contribution in [2.75, 3.05) is 26.2 Å². The monoisotopic (exact) mass is 300 g/mol. The van der Waals surface area contributed by atoms with E-state index in [2.05, 4.69) is 0 Å². The van der Waals surface area contributed by atoms with Crippen LogP contribution in [0.4, 0.5) is 4.79 Å². The van der Waals surface area contributed by atoms with Crippen LogP contribution in [0.2, 0.25) is 0 Å². The van der Waals surface area contributed by atoms with Crippen molar-refractivity contribution < 1.29 is 14.3 Å². The molecule has 1 aliphatic heterocycles. The molecule has 122 valence electrons. The quantitative estimate of drug-likeness (QED) is 0.768. The Morgan fingerprint density at radius 1 is 1.33 bits per heavy atom. The van der Waals surface area contributed by atoms with E-state index in [1.54, 1.807) is 4.90 Å². The number of carbonyl (C=O) groups excluding carboxylic acids is 2. The van der Waals surface area contributed by atoms with Gasteiger partial charge in [0.05, 0.1) is 6.04 Å². The molecule has 0 spiro atoms. The zero-order valence-corrected chi connectivity index (χ0v) is 13.5. The first kappa shape index (κ1) is 17.7. The third-order valence-corrected chi connectivity index (χ3v) is 3.57. The Balaban J connectivity index is 2.73. The van der Waals surface area contributed by atoms with Gasteiger partial charge in [0.1, 0.15) is 5.60 Å². The van der Waals surface area contributed by atoms with Crippen LogP contribution < -0.4 is 11.5 Å². The van der Waals surface area contributed by atoms with Crippen molar-refractivity contribution in [3.8, 4) is 0 Å². The highest BCUT2D eigenvalue weighted by molar-refractivity contribution is 5.80. The number of hydrogen-bond donors (Lipinski definition) is 2. The fourth-order valence-corrected chi connectivity index (χ4v) is 2.58. The minimum atomic E-state index is -0.522. The van der Waals surface area contributed by atoms with Gasteiger partial charge >= 0.3 is 6.09 Å². The summed E-state index contributed by atoms with van der Waals surface area (Å²) in [5, 5.41) is 0. The van der Waals surface area contributed by atoms with E-state index < -0.39 is 5.60 Å². The van der Waals surface area contributed by atoms with Crippen LogP contribution in [0.15, 0.2) is 0 Å². The van der Waals surface area contributed by atoms with Crippen molar-refractivity contribution in [2.24, 2.45) is 11.5 Å². The van der Waals surface area contributed by atoms with E-state index in [4.69, 9.17) is 16.2 Å². The van der Waals surface area contributed by atoms with Gasteiger partial charge in [-0.1, -0.05) is 6.92 Å². The molecule has 1 heterocycles. The van der Waals surface area contributed by atoms with E-state index in [1.165, 1.54) is 0 Å². The van der Waals surface area contributed by atoms with E-state index in [0.29, 0.717) is 32.6 Å². The molecule has 2 unspecified atom stereocenters. The molecule has 0 aromatic carbocycles. The van der Waals surface area contributed by atoms with Gasteiger partial charge in [0.15, 0.2) is 0 Å². The Labute approximate surface area is 126 Å². The second-order valence-electron chi connectivity index (χ2n) is 6.38. The number of carbonyl (C=O) groups is 2. The Kier molecular flexibility index (Phi) is 5.98. The molecule has 7 nitrogen and oxygen atoms in total. The molecule has 7 heteroatoms. The topological polar surface area (TPSA) is 102 Å². The van der Waals surface area contributed by atoms with Crippen molar-refractivity contribution >= 4 is 12.0 Å². The summed E-state index contributed by atoms with van der Waals surface area (Å²) >= 11 is 0. The number of nitrogens with two attached hydrogens (primary N) is 2. The normalized spacial score (nSPS) is 22.0. The van der Waals surface area contributed by atoms with Gasteiger partial charge in [-0.15, -0.1) is 0 Å². The minimum absolute atomic E-state index is 0.0799. The summed E-state index contributed by atoms with van der Waals surface area (Å²) in [4.78, 5) is 27.3. The lowest BCUT2D eigenvalue weighted by atomic mass is 10.1. The van der Waals surface area contributed by atoms with E-state index >= 15 is 0 Å². The third kappa shape index (κ3) is 4.86. The molecular formula is C14H28N4O3. The molecule has 0 bridgehead atoms. The van der Waals surface area contributed by atoms with Gasteiger partial charge in [0.25, 0.3) is 0 Å². The average molecular weight is 300 g/mol. The van der Waals surface area contributed by atoms with Crippen molar-refractivity contribution in [3.05, 3.63) is 0 Å². The molecule has 0 saturated carbocycles. The van der Waals surface area contributed by atoms with Gasteiger partial charge < -0.3 is 21.1 Å². The van der Waals surface area contributed by atoms with Crippen LogP contribution in [-0.4, -0.2) is 65.7 Å². The third-order valence-electron chi connectivity index (χ3n) is 3.57. The highest BCUT2D eigenvalue weighted by Gasteiger charge is 2.35. The number of primary amides is 1. The van der Waals surface area contributed by atoms with Crippen molar-refractivity contribution in [3.63, 3.8) is 0 Å². The summed E-state index contributed by atoms with van der Waals surface area (Å²) in [5.74, 6) is -0.346. The first-order chi connectivity index (χ1) is 9.69. The summed E-state index contributed by atoms with van der Waals surface area (Å²) in [5.41, 5.74) is 10.7. The first-order valence-corrected chi connectivity index (χ1v) is 7.42. The SMILES string of the molecule is CCC(C(N)=O)N1CCN(C(=O)OC(C)(C)C)CC1CN. The van der Waals surface area contributed by atoms with Gasteiger partial charge in [0, 0.05) is 32.2 Å². The second kappa shape index (κ2) is 7.09. The zero-order chi connectivity index (χ0) is 16.2. The molecule has 1 saturated heterocycles. The summed E-state index contributed by atoms with van der Waals surface area (Å²) < 4.78 is 5.38. The van der Waals surface area contributed by atoms with E-state index in [1.807, 2.05) is 32.6 Å². The Morgan fingerprint density at radius 3 is 2.38 bits per heavy atom. The van der Waals surface area contributed by atoms with Crippen LogP contribution in [0.3, 0.4) is 0 Å². The van der Waals surface area contributed by atoms with Gasteiger partial charge in [-0.2, -0.15) is 0 Å². The number of ether oxygens (including phenoxy) is 1. The Bertz CT molecular complexity index is 381. The average Bonchev–Trinajstić information content (AvgIpc) is 2.37. The Morgan fingerprint density at radius 2 is 1.95 bits per heavy atom. The molecule has 0 radical (unpaired) electrons. The van der Waals surface area contributed by atoms with Crippen LogP contribution in [-0.2, 0) is 9.53 Å². The minimum Gasteiger partial charge on any atom is -0.444 e. The van der Waals surface area contributed by atoms with Crippen LogP contribution in [0.5, 0.6) is 0 Å². The highest BCUT2D eigenvalue weighted by atomic mass is 16.6. The lowest BCUT2D eigenvalue weighted by Gasteiger charge is -2.43. The predicted octanol–water partition coefficient (Wildman–Crippen LogP) is 0.130. The lowest BCUT2D eigenvalue weighted by molar-refractivity contribution is -0.125. The summed E-state index contributed by atoms with van der Waals surface area (Å²) in [6.07, 6.45) is 0.297. The maximum Gasteiger partial charge on any atom is 0.410 e. The molecule has 4 N–H and O–H groups in total. The number of amides is 2. The summed E-state index contributed by atoms with van der Waals surface area (Å²) in [6, 6.07) is -0.414. The molecule has 21 heavy (non-hydrogen) atoms. The number of nitrogens with zero attached hydrogens (tertiary/aromatic N) is 2. The maximum absolute atomic E-state index is 12.1. The van der Waals surface area contributed by atoms with Crippen LogP contribution >= 0.6 is 0 Å². The van der Waals surface area contributed by atoms with E-state index in [-0.39, 0.29) is 24.1 Å². The first-order valence-electron chi connectivity index (χ1n) is 7.42. The van der Waals surface area contributed by atoms with Gasteiger partial charge in [-0.25, -0.2) is 4.79 Å². The van der Waals surface area contributed by atoms with Crippen LogP contribution in [0.25, 0.3) is 0 Å². The van der Waals surface area contributed by atoms with Crippen LogP contribution in [0, 0.1) is 0 Å². The molecule has 1 rings (SSSR count). The standard InChI is InChI=1S/C14H28N4O3/c1-5-11(12(16)19)18-7-6-17(9-10(18)8-15)13(20)21-14(2,3)4/h10-11H,5-9,15H2,1-4H3,(H2,16,19). The second-order valence-corrected chi connectivity index (χ2v) is 6.38. The largest absolute Gasteiger partial charge is 0.444 e. The van der Waals surface area contributed by atoms with Crippen molar-refractivity contribution in [2.45, 2.75) is 51.8 Å². The van der Waals surface area contributed by atoms with Gasteiger partial charge in [-0.05, 0) is 27.2 Å².